The Hall–Kier alpha value is -3.14. The first-order valence-electron chi connectivity index (χ1n) is 10.8. The third kappa shape index (κ3) is 4.11. The zero-order chi connectivity index (χ0) is 24.0. The Kier molecular flexibility index (Phi) is 5.71. The molecule has 3 aromatic heterocycles. The van der Waals surface area contributed by atoms with E-state index in [1.807, 2.05) is 46.9 Å². The summed E-state index contributed by atoms with van der Waals surface area (Å²) in [5, 5.41) is 0. The number of aryl methyl sites for hydroxylation is 2. The molecule has 0 saturated heterocycles. The molecule has 1 aromatic carbocycles. The second kappa shape index (κ2) is 8.57. The normalized spacial score (nSPS) is 15.9. The topological polar surface area (TPSA) is 59.6 Å². The number of imidazole rings is 2. The van der Waals surface area contributed by atoms with Crippen molar-refractivity contribution >= 4 is 15.9 Å². The molecule has 0 fully saturated rings. The number of rotatable bonds is 4. The third-order valence-corrected chi connectivity index (χ3v) is 6.54. The summed E-state index contributed by atoms with van der Waals surface area (Å²) in [7, 11) is 1.55. The number of halogens is 4. The van der Waals surface area contributed by atoms with E-state index in [0.717, 1.165) is 23.9 Å². The molecule has 0 bridgehead atoms. The van der Waals surface area contributed by atoms with Crippen molar-refractivity contribution in [2.24, 2.45) is 0 Å². The van der Waals surface area contributed by atoms with Gasteiger partial charge in [0.1, 0.15) is 23.4 Å². The van der Waals surface area contributed by atoms with Crippen molar-refractivity contribution in [1.82, 2.24) is 19.5 Å². The summed E-state index contributed by atoms with van der Waals surface area (Å²) in [4.78, 5) is 12.5. The molecule has 4 aromatic rings. The molecule has 1 aliphatic heterocycles. The maximum Gasteiger partial charge on any atom is 0.416 e. The second-order valence-electron chi connectivity index (χ2n) is 8.32. The maximum absolute atomic E-state index is 13.8. The molecule has 0 aliphatic carbocycles. The van der Waals surface area contributed by atoms with Crippen molar-refractivity contribution < 1.29 is 22.5 Å². The van der Waals surface area contributed by atoms with Crippen molar-refractivity contribution in [2.45, 2.75) is 38.4 Å². The zero-order valence-corrected chi connectivity index (χ0v) is 20.1. The van der Waals surface area contributed by atoms with Gasteiger partial charge in [-0.1, -0.05) is 22.0 Å². The summed E-state index contributed by atoms with van der Waals surface area (Å²) in [5.41, 5.74) is 2.57. The third-order valence-electron chi connectivity index (χ3n) is 6.05. The predicted molar refractivity (Wildman–Crippen MR) is 123 cm³/mol. The first kappa shape index (κ1) is 22.6. The standard InChI is InChI=1S/C24H21BrF3N5O/c1-14-11-33(13-29-14)21-8-7-19(31-23(21)34-2)20-12-32-9-3-4-17(22(32)30-20)16-6-5-15(25)10-18(16)24(26,27)28/h5-8,10-13,17H,3-4,9H2,1-2H3/p+1/t17-/m0/s1. The van der Waals surface area contributed by atoms with E-state index in [0.29, 0.717) is 40.5 Å². The first-order valence-corrected chi connectivity index (χ1v) is 11.6. The number of nitrogens with one attached hydrogen (secondary N) is 1. The van der Waals surface area contributed by atoms with Crippen LogP contribution in [0.5, 0.6) is 5.88 Å². The van der Waals surface area contributed by atoms with Crippen molar-refractivity contribution in [3.05, 3.63) is 76.2 Å². The summed E-state index contributed by atoms with van der Waals surface area (Å²) >= 11 is 3.17. The average molecular weight is 533 g/mol. The minimum Gasteiger partial charge on any atom is -0.478 e. The molecule has 0 saturated carbocycles. The SMILES string of the molecule is COc1nc(-c2cn3c(n2)[C@H](c2ccc(Br)cc2C(F)(F)F)CCC3)ccc1-[n+]1c[nH]c(C)c1. The van der Waals surface area contributed by atoms with E-state index in [1.54, 1.807) is 19.2 Å². The largest absolute Gasteiger partial charge is 0.478 e. The number of hydrogen-bond donors (Lipinski definition) is 1. The Morgan fingerprint density at radius 2 is 2.00 bits per heavy atom. The Labute approximate surface area is 202 Å². The summed E-state index contributed by atoms with van der Waals surface area (Å²) in [6.45, 7) is 2.65. The van der Waals surface area contributed by atoms with Crippen LogP contribution in [-0.2, 0) is 12.7 Å². The van der Waals surface area contributed by atoms with Crippen LogP contribution in [0.15, 0.2) is 53.5 Å². The van der Waals surface area contributed by atoms with Gasteiger partial charge in [-0.05, 0) is 42.7 Å². The number of methoxy groups -OCH3 is 1. The number of pyridine rings is 1. The highest BCUT2D eigenvalue weighted by molar-refractivity contribution is 9.10. The Balaban J connectivity index is 1.55. The molecule has 4 heterocycles. The molecule has 0 spiro atoms. The van der Waals surface area contributed by atoms with Crippen LogP contribution in [0.3, 0.4) is 0 Å². The van der Waals surface area contributed by atoms with Crippen LogP contribution in [0.1, 0.15) is 41.4 Å². The summed E-state index contributed by atoms with van der Waals surface area (Å²) in [6, 6.07) is 8.08. The Bertz CT molecular complexity index is 1360. The number of nitrogens with zero attached hydrogens (tertiary/aromatic N) is 4. The minimum absolute atomic E-state index is 0.244. The summed E-state index contributed by atoms with van der Waals surface area (Å²) in [5.74, 6) is 0.595. The van der Waals surface area contributed by atoms with Gasteiger partial charge in [-0.15, -0.1) is 0 Å². The lowest BCUT2D eigenvalue weighted by molar-refractivity contribution is -0.595. The van der Waals surface area contributed by atoms with Crippen molar-refractivity contribution in [2.75, 3.05) is 7.11 Å². The molecule has 1 atom stereocenters. The van der Waals surface area contributed by atoms with Gasteiger partial charge in [0.15, 0.2) is 5.69 Å². The lowest BCUT2D eigenvalue weighted by atomic mass is 9.87. The molecule has 5 rings (SSSR count). The van der Waals surface area contributed by atoms with Gasteiger partial charge in [0.2, 0.25) is 6.33 Å². The maximum atomic E-state index is 13.8. The van der Waals surface area contributed by atoms with Crippen molar-refractivity contribution in [3.8, 4) is 23.0 Å². The predicted octanol–water partition coefficient (Wildman–Crippen LogP) is 5.57. The van der Waals surface area contributed by atoms with Crippen LogP contribution in [0, 0.1) is 6.92 Å². The van der Waals surface area contributed by atoms with Crippen LogP contribution in [0.4, 0.5) is 13.2 Å². The van der Waals surface area contributed by atoms with Crippen LogP contribution < -0.4 is 9.30 Å². The van der Waals surface area contributed by atoms with Gasteiger partial charge in [0, 0.05) is 30.1 Å². The quantitative estimate of drug-likeness (QED) is 0.349. The van der Waals surface area contributed by atoms with Crippen LogP contribution in [0.2, 0.25) is 0 Å². The van der Waals surface area contributed by atoms with Crippen molar-refractivity contribution in [1.29, 1.82) is 0 Å². The zero-order valence-electron chi connectivity index (χ0n) is 18.5. The van der Waals surface area contributed by atoms with E-state index in [2.05, 4.69) is 25.9 Å². The van der Waals surface area contributed by atoms with Gasteiger partial charge in [0.25, 0.3) is 5.88 Å². The molecular weight excluding hydrogens is 511 g/mol. The van der Waals surface area contributed by atoms with E-state index in [-0.39, 0.29) is 5.56 Å². The second-order valence-corrected chi connectivity index (χ2v) is 9.24. The first-order chi connectivity index (χ1) is 16.2. The molecule has 0 unspecified atom stereocenters. The molecule has 0 amide bonds. The Morgan fingerprint density at radius 3 is 2.71 bits per heavy atom. The number of H-pyrrole nitrogens is 1. The molecule has 1 N–H and O–H groups in total. The highest BCUT2D eigenvalue weighted by atomic mass is 79.9. The lowest BCUT2D eigenvalue weighted by Gasteiger charge is -2.26. The monoisotopic (exact) mass is 532 g/mol. The van der Waals surface area contributed by atoms with Gasteiger partial charge in [-0.25, -0.2) is 15.0 Å². The van der Waals surface area contributed by atoms with Gasteiger partial charge >= 0.3 is 6.18 Å². The Morgan fingerprint density at radius 1 is 1.18 bits per heavy atom. The molecule has 1 aliphatic rings. The number of aromatic amines is 1. The van der Waals surface area contributed by atoms with Crippen LogP contribution >= 0.6 is 15.9 Å². The molecule has 6 nitrogen and oxygen atoms in total. The van der Waals surface area contributed by atoms with Crippen molar-refractivity contribution in [3.63, 3.8) is 0 Å². The highest BCUT2D eigenvalue weighted by Gasteiger charge is 2.37. The van der Waals surface area contributed by atoms with E-state index in [9.17, 15) is 13.2 Å². The molecule has 0 radical (unpaired) electrons. The number of alkyl halides is 3. The van der Waals surface area contributed by atoms with E-state index in [1.165, 1.54) is 0 Å². The highest BCUT2D eigenvalue weighted by Crippen LogP contribution is 2.42. The fourth-order valence-electron chi connectivity index (χ4n) is 4.49. The number of fused-ring (bicyclic) bond motifs is 1. The fourth-order valence-corrected chi connectivity index (χ4v) is 4.86. The lowest BCUT2D eigenvalue weighted by Crippen LogP contribution is -2.28. The smallest absolute Gasteiger partial charge is 0.416 e. The average Bonchev–Trinajstić information content (AvgIpc) is 3.44. The number of benzene rings is 1. The minimum atomic E-state index is -4.45. The van der Waals surface area contributed by atoms with Crippen LogP contribution in [-0.4, -0.2) is 26.6 Å². The number of ether oxygens (including phenoxy) is 1. The molecule has 34 heavy (non-hydrogen) atoms. The number of aromatic nitrogens is 5. The summed E-state index contributed by atoms with van der Waals surface area (Å²) < 4.78 is 51.2. The number of hydrogen-bond acceptors (Lipinski definition) is 3. The van der Waals surface area contributed by atoms with Crippen LogP contribution in [0.25, 0.3) is 17.1 Å². The van der Waals surface area contributed by atoms with E-state index < -0.39 is 17.7 Å². The van der Waals surface area contributed by atoms with Gasteiger partial charge in [-0.3, -0.25) is 0 Å². The van der Waals surface area contributed by atoms with Gasteiger partial charge in [0.05, 0.1) is 18.4 Å². The fraction of sp³-hybridized carbons (Fsp3) is 0.292. The summed E-state index contributed by atoms with van der Waals surface area (Å²) in [6.07, 6.45) is 2.51. The van der Waals surface area contributed by atoms with Gasteiger partial charge < -0.3 is 9.30 Å². The molecule has 176 valence electrons. The van der Waals surface area contributed by atoms with Gasteiger partial charge in [-0.2, -0.15) is 17.7 Å². The van der Waals surface area contributed by atoms with E-state index >= 15 is 0 Å². The van der Waals surface area contributed by atoms with E-state index in [4.69, 9.17) is 9.72 Å². The molecule has 10 heteroatoms. The molecular formula is C24H22BrF3N5O+.